The van der Waals surface area contributed by atoms with Crippen molar-refractivity contribution < 1.29 is 22.8 Å². The Morgan fingerprint density at radius 3 is 0.429 bits per heavy atom. The molecule has 7 heteroatoms. The Bertz CT molecular complexity index is 8.04. The molecule has 0 aliphatic carbocycles. The van der Waals surface area contributed by atoms with Gasteiger partial charge in [0, 0.05) is 0 Å². The van der Waals surface area contributed by atoms with E-state index >= 15 is 0 Å². The van der Waals surface area contributed by atoms with Gasteiger partial charge in [-0.25, -0.2) is 0 Å². The third-order valence-corrected chi connectivity index (χ3v) is 0. The topological polar surface area (TPSA) is 198 Å². The molecular weight excluding hydrogens is 138 g/mol. The van der Waals surface area contributed by atoms with Crippen LogP contribution in [0.3, 0.4) is 0 Å². The maximum atomic E-state index is 0. The standard InChI is InChI=1S/Cr.5H2N.H2O/h;6*1H2/q+3;5*-1;/p-1. The van der Waals surface area contributed by atoms with Crippen molar-refractivity contribution in [1.29, 1.82) is 0 Å². The van der Waals surface area contributed by atoms with Crippen molar-refractivity contribution in [2.45, 2.75) is 0 Å². The van der Waals surface area contributed by atoms with Crippen molar-refractivity contribution in [3.63, 3.8) is 0 Å². The minimum absolute atomic E-state index is 0. The Labute approximate surface area is 54.4 Å². The van der Waals surface area contributed by atoms with E-state index in [1.54, 1.807) is 0 Å². The van der Waals surface area contributed by atoms with Crippen molar-refractivity contribution in [3.05, 3.63) is 30.8 Å². The van der Waals surface area contributed by atoms with Crippen LogP contribution in [0.4, 0.5) is 0 Å². The molecule has 0 fully saturated rings. The fraction of sp³-hybridized carbons (Fsp3) is 0. The summed E-state index contributed by atoms with van der Waals surface area (Å²) in [6, 6.07) is 0. The van der Waals surface area contributed by atoms with E-state index in [2.05, 4.69) is 0 Å². The van der Waals surface area contributed by atoms with Crippen molar-refractivity contribution in [2.24, 2.45) is 0 Å². The molecule has 0 aliphatic rings. The van der Waals surface area contributed by atoms with Crippen LogP contribution in [0.2, 0.25) is 0 Å². The molecule has 11 N–H and O–H groups in total. The summed E-state index contributed by atoms with van der Waals surface area (Å²) in [6.45, 7) is 0. The molecule has 0 saturated carbocycles. The zero-order valence-electron chi connectivity index (χ0n) is 3.74. The predicted octanol–water partition coefficient (Wildman–Crippen LogP) is 3.41. The van der Waals surface area contributed by atoms with Crippen molar-refractivity contribution >= 4 is 0 Å². The minimum atomic E-state index is 0. The summed E-state index contributed by atoms with van der Waals surface area (Å²) < 4.78 is 0. The summed E-state index contributed by atoms with van der Waals surface area (Å²) in [4.78, 5) is 0. The van der Waals surface area contributed by atoms with E-state index in [4.69, 9.17) is 0 Å². The van der Waals surface area contributed by atoms with Gasteiger partial charge in [0.25, 0.3) is 0 Å². The second kappa shape index (κ2) is 2060. The number of hydrogen-bond acceptors (Lipinski definition) is 1. The zero-order chi connectivity index (χ0) is 0. The van der Waals surface area contributed by atoms with E-state index in [1.165, 1.54) is 0 Å². The van der Waals surface area contributed by atoms with Crippen LogP contribution in [-0.4, -0.2) is 5.48 Å². The van der Waals surface area contributed by atoms with Gasteiger partial charge >= 0.3 is 17.4 Å². The number of hydrogen-bond donors (Lipinski definition) is 0. The van der Waals surface area contributed by atoms with E-state index in [9.17, 15) is 0 Å². The van der Waals surface area contributed by atoms with Crippen molar-refractivity contribution in [2.75, 3.05) is 0 Å². The smallest absolute Gasteiger partial charge is 0.870 e. The second-order valence-electron chi connectivity index (χ2n) is 0. The van der Waals surface area contributed by atoms with Crippen LogP contribution >= 0.6 is 0 Å². The first kappa shape index (κ1) is 3380. The van der Waals surface area contributed by atoms with E-state index in [0.29, 0.717) is 0 Å². The third-order valence-electron chi connectivity index (χ3n) is 0. The average molecular weight is 149 g/mol. The summed E-state index contributed by atoms with van der Waals surface area (Å²) in [5, 5.41) is 0. The fourth-order valence-corrected chi connectivity index (χ4v) is 0. The SMILES string of the molecule is [Cr+3].[NH2-].[NH2-].[NH2-].[NH2-].[NH2-].[OH-]. The van der Waals surface area contributed by atoms with E-state index in [-0.39, 0.29) is 53.6 Å². The van der Waals surface area contributed by atoms with Gasteiger partial charge in [-0.3, -0.25) is 0 Å². The molecule has 0 bridgehead atoms. The largest absolute Gasteiger partial charge is 3.00 e. The van der Waals surface area contributed by atoms with E-state index < -0.39 is 0 Å². The Kier molecular flexibility index (Phi) is 994000. The Morgan fingerprint density at radius 1 is 0.429 bits per heavy atom. The van der Waals surface area contributed by atoms with Gasteiger partial charge < -0.3 is 36.2 Å². The maximum absolute atomic E-state index is 0. The maximum Gasteiger partial charge on any atom is 3.00 e. The van der Waals surface area contributed by atoms with Crippen LogP contribution in [0.1, 0.15) is 0 Å². The van der Waals surface area contributed by atoms with Crippen LogP contribution in [0, 0.1) is 0 Å². The molecule has 0 unspecified atom stereocenters. The van der Waals surface area contributed by atoms with Crippen LogP contribution in [0.25, 0.3) is 30.8 Å². The van der Waals surface area contributed by atoms with E-state index in [0.717, 1.165) is 0 Å². The first-order chi connectivity index (χ1) is 0. The van der Waals surface area contributed by atoms with Gasteiger partial charge in [0.1, 0.15) is 0 Å². The summed E-state index contributed by atoms with van der Waals surface area (Å²) >= 11 is 0. The first-order valence-corrected chi connectivity index (χ1v) is 0. The van der Waals surface area contributed by atoms with Gasteiger partial charge in [0.2, 0.25) is 0 Å². The molecule has 1 radical (unpaired) electrons. The van der Waals surface area contributed by atoms with Gasteiger partial charge in [0.05, 0.1) is 0 Å². The molecule has 51 valence electrons. The zero-order valence-corrected chi connectivity index (χ0v) is 5.02. The van der Waals surface area contributed by atoms with Gasteiger partial charge in [-0.1, -0.05) is 0 Å². The van der Waals surface area contributed by atoms with E-state index in [1.807, 2.05) is 0 Å². The van der Waals surface area contributed by atoms with Crippen LogP contribution in [0.5, 0.6) is 0 Å². The van der Waals surface area contributed by atoms with Crippen LogP contribution in [0.15, 0.2) is 0 Å². The summed E-state index contributed by atoms with van der Waals surface area (Å²) in [5.74, 6) is 0. The third kappa shape index (κ3) is 1360. The molecule has 0 aromatic heterocycles. The first-order valence-electron chi connectivity index (χ1n) is 0. The Balaban J connectivity index is 0. The van der Waals surface area contributed by atoms with Crippen molar-refractivity contribution in [1.82, 2.24) is 0 Å². The monoisotopic (exact) mass is 149 g/mol. The molecule has 0 heterocycles. The average Bonchev–Trinajstić information content (AvgIpc) is 0. The quantitative estimate of drug-likeness (QED) is 0.499. The molecule has 0 aromatic rings. The number of rotatable bonds is 0. The van der Waals surface area contributed by atoms with Gasteiger partial charge in [0.15, 0.2) is 0 Å². The Morgan fingerprint density at radius 2 is 0.429 bits per heavy atom. The second-order valence-corrected chi connectivity index (χ2v) is 0. The Hall–Kier alpha value is 0.292. The molecule has 7 heavy (non-hydrogen) atoms. The molecule has 0 spiro atoms. The van der Waals surface area contributed by atoms with Gasteiger partial charge in [-0.05, 0) is 0 Å². The molecule has 0 saturated heterocycles. The normalized spacial score (nSPS) is 0. The van der Waals surface area contributed by atoms with Crippen LogP contribution < -0.4 is 0 Å². The molecule has 0 aromatic carbocycles. The van der Waals surface area contributed by atoms with Gasteiger partial charge in [-0.2, -0.15) is 0 Å². The summed E-state index contributed by atoms with van der Waals surface area (Å²) in [7, 11) is 0. The van der Waals surface area contributed by atoms with Crippen LogP contribution in [-0.2, 0) is 17.4 Å². The fourth-order valence-electron chi connectivity index (χ4n) is 0. The molecule has 0 rings (SSSR count). The minimum Gasteiger partial charge on any atom is -0.870 e. The molecule has 0 aliphatic heterocycles. The molecule has 6 nitrogen and oxygen atoms in total. The number of nitrogens with two attached hydrogens (primary N) is 5. The predicted molar refractivity (Wildman–Crippen MR) is 28.4 cm³/mol. The molecule has 0 atom stereocenters. The molecular formula is H11CrN5O-3. The summed E-state index contributed by atoms with van der Waals surface area (Å²) in [5.41, 5.74) is 0. The summed E-state index contributed by atoms with van der Waals surface area (Å²) in [6.07, 6.45) is 0. The molecule has 0 amide bonds. The van der Waals surface area contributed by atoms with Gasteiger partial charge in [-0.15, -0.1) is 0 Å². The van der Waals surface area contributed by atoms with Crippen molar-refractivity contribution in [3.8, 4) is 0 Å².